The average Bonchev–Trinajstić information content (AvgIpc) is 2.46. The fraction of sp³-hybridized carbons (Fsp3) is 0.133. The molecule has 0 aliphatic rings. The molecule has 92 valence electrons. The summed E-state index contributed by atoms with van der Waals surface area (Å²) in [5.41, 5.74) is 3.27. The van der Waals surface area contributed by atoms with E-state index in [1.807, 2.05) is 36.4 Å². The summed E-state index contributed by atoms with van der Waals surface area (Å²) in [6, 6.07) is 15.0. The Morgan fingerprint density at radius 1 is 1.06 bits per heavy atom. The van der Waals surface area contributed by atoms with Gasteiger partial charge in [0.25, 0.3) is 0 Å². The summed E-state index contributed by atoms with van der Waals surface area (Å²) < 4.78 is 0. The summed E-state index contributed by atoms with van der Waals surface area (Å²) in [6.45, 7) is 2.06. The lowest BCUT2D eigenvalue weighted by molar-refractivity contribution is -0.182. The molecule has 0 fully saturated rings. The van der Waals surface area contributed by atoms with Crippen LogP contribution in [-0.4, -0.2) is 11.2 Å². The van der Waals surface area contributed by atoms with Crippen molar-refractivity contribution in [3.05, 3.63) is 59.7 Å². The maximum atomic E-state index is 11.5. The molecular formula is C15H14O3. The molecule has 0 heterocycles. The number of rotatable bonds is 3. The second kappa shape index (κ2) is 5.47. The summed E-state index contributed by atoms with van der Waals surface area (Å²) in [5, 5.41) is 8.54. The van der Waals surface area contributed by atoms with Gasteiger partial charge in [0.1, 0.15) is 0 Å². The van der Waals surface area contributed by atoms with Gasteiger partial charge in [0.05, 0.1) is 5.56 Å². The van der Waals surface area contributed by atoms with Gasteiger partial charge < -0.3 is 0 Å². The molecule has 0 saturated heterocycles. The molecule has 2 aromatic carbocycles. The first-order valence-electron chi connectivity index (χ1n) is 5.81. The standard InChI is InChI=1S/C15H14O3/c1-2-11-7-3-4-8-12(11)13-9-5-6-10-14(13)15(16)18-17/h3-10,17H,2H2,1H3. The molecule has 3 nitrogen and oxygen atoms in total. The van der Waals surface area contributed by atoms with Crippen LogP contribution in [0.15, 0.2) is 48.5 Å². The van der Waals surface area contributed by atoms with Crippen LogP contribution in [0, 0.1) is 0 Å². The van der Waals surface area contributed by atoms with E-state index in [4.69, 9.17) is 5.26 Å². The van der Waals surface area contributed by atoms with Crippen molar-refractivity contribution in [1.29, 1.82) is 0 Å². The smallest absolute Gasteiger partial charge is 0.295 e. The van der Waals surface area contributed by atoms with E-state index in [1.165, 1.54) is 0 Å². The van der Waals surface area contributed by atoms with Crippen LogP contribution in [0.2, 0.25) is 0 Å². The number of aryl methyl sites for hydroxylation is 1. The third kappa shape index (κ3) is 2.26. The average molecular weight is 242 g/mol. The van der Waals surface area contributed by atoms with Crippen LogP contribution in [0.25, 0.3) is 11.1 Å². The lowest BCUT2D eigenvalue weighted by atomic mass is 9.94. The number of hydrogen-bond acceptors (Lipinski definition) is 3. The molecule has 0 unspecified atom stereocenters. The third-order valence-corrected chi connectivity index (χ3v) is 2.92. The molecule has 0 spiro atoms. The minimum absolute atomic E-state index is 0.362. The van der Waals surface area contributed by atoms with E-state index in [0.717, 1.165) is 23.1 Å². The van der Waals surface area contributed by atoms with Crippen molar-refractivity contribution in [2.45, 2.75) is 13.3 Å². The SMILES string of the molecule is CCc1ccccc1-c1ccccc1C(=O)OO. The summed E-state index contributed by atoms with van der Waals surface area (Å²) in [7, 11) is 0. The lowest BCUT2D eigenvalue weighted by Gasteiger charge is -2.10. The van der Waals surface area contributed by atoms with Gasteiger partial charge in [0.15, 0.2) is 0 Å². The second-order valence-corrected chi connectivity index (χ2v) is 3.94. The quantitative estimate of drug-likeness (QED) is 0.661. The molecule has 0 aliphatic carbocycles. The zero-order chi connectivity index (χ0) is 13.0. The van der Waals surface area contributed by atoms with Crippen LogP contribution < -0.4 is 0 Å². The Morgan fingerprint density at radius 3 is 2.33 bits per heavy atom. The molecular weight excluding hydrogens is 228 g/mol. The topological polar surface area (TPSA) is 46.5 Å². The first-order chi connectivity index (χ1) is 8.77. The van der Waals surface area contributed by atoms with E-state index < -0.39 is 5.97 Å². The maximum absolute atomic E-state index is 11.5. The van der Waals surface area contributed by atoms with Crippen molar-refractivity contribution in [3.8, 4) is 11.1 Å². The minimum atomic E-state index is -0.739. The van der Waals surface area contributed by atoms with Crippen LogP contribution in [0.5, 0.6) is 0 Å². The van der Waals surface area contributed by atoms with Gasteiger partial charge in [-0.2, -0.15) is 5.26 Å². The molecule has 2 aromatic rings. The van der Waals surface area contributed by atoms with Crippen molar-refractivity contribution >= 4 is 5.97 Å². The van der Waals surface area contributed by atoms with Crippen LogP contribution >= 0.6 is 0 Å². The predicted molar refractivity (Wildman–Crippen MR) is 69.3 cm³/mol. The van der Waals surface area contributed by atoms with Crippen molar-refractivity contribution in [3.63, 3.8) is 0 Å². The van der Waals surface area contributed by atoms with E-state index in [9.17, 15) is 4.79 Å². The zero-order valence-electron chi connectivity index (χ0n) is 10.1. The Hall–Kier alpha value is -2.13. The van der Waals surface area contributed by atoms with Gasteiger partial charge in [-0.05, 0) is 29.2 Å². The largest absolute Gasteiger partial charge is 0.373 e. The monoisotopic (exact) mass is 242 g/mol. The summed E-state index contributed by atoms with van der Waals surface area (Å²) in [6.07, 6.45) is 0.874. The van der Waals surface area contributed by atoms with E-state index in [1.54, 1.807) is 12.1 Å². The Morgan fingerprint density at radius 2 is 1.67 bits per heavy atom. The highest BCUT2D eigenvalue weighted by molar-refractivity contribution is 5.97. The van der Waals surface area contributed by atoms with Crippen molar-refractivity contribution in [1.82, 2.24) is 0 Å². The van der Waals surface area contributed by atoms with E-state index in [-0.39, 0.29) is 0 Å². The van der Waals surface area contributed by atoms with Crippen molar-refractivity contribution < 1.29 is 14.9 Å². The van der Waals surface area contributed by atoms with Crippen LogP contribution in [-0.2, 0) is 11.3 Å². The van der Waals surface area contributed by atoms with Gasteiger partial charge in [-0.1, -0.05) is 49.4 Å². The van der Waals surface area contributed by atoms with Crippen molar-refractivity contribution in [2.75, 3.05) is 0 Å². The van der Waals surface area contributed by atoms with Gasteiger partial charge in [0, 0.05) is 0 Å². The van der Waals surface area contributed by atoms with Crippen LogP contribution in [0.4, 0.5) is 0 Å². The molecule has 0 aliphatic heterocycles. The molecule has 0 bridgehead atoms. The molecule has 1 N–H and O–H groups in total. The molecule has 0 aromatic heterocycles. The summed E-state index contributed by atoms with van der Waals surface area (Å²) in [5.74, 6) is -0.739. The van der Waals surface area contributed by atoms with E-state index in [0.29, 0.717) is 5.56 Å². The number of benzene rings is 2. The zero-order valence-corrected chi connectivity index (χ0v) is 10.1. The normalized spacial score (nSPS) is 10.1. The predicted octanol–water partition coefficient (Wildman–Crippen LogP) is 3.55. The molecule has 2 rings (SSSR count). The molecule has 3 heteroatoms. The Labute approximate surface area is 106 Å². The summed E-state index contributed by atoms with van der Waals surface area (Å²) >= 11 is 0. The maximum Gasteiger partial charge on any atom is 0.373 e. The highest BCUT2D eigenvalue weighted by Gasteiger charge is 2.15. The molecule has 0 saturated carbocycles. The van der Waals surface area contributed by atoms with Crippen molar-refractivity contribution in [2.24, 2.45) is 0 Å². The minimum Gasteiger partial charge on any atom is -0.295 e. The van der Waals surface area contributed by atoms with Crippen LogP contribution in [0.1, 0.15) is 22.8 Å². The number of hydrogen-bond donors (Lipinski definition) is 1. The fourth-order valence-electron chi connectivity index (χ4n) is 2.04. The second-order valence-electron chi connectivity index (χ2n) is 3.94. The summed E-state index contributed by atoms with van der Waals surface area (Å²) in [4.78, 5) is 15.4. The molecule has 0 amide bonds. The first-order valence-corrected chi connectivity index (χ1v) is 5.81. The van der Waals surface area contributed by atoms with Gasteiger partial charge in [-0.25, -0.2) is 4.79 Å². The Kier molecular flexibility index (Phi) is 3.75. The number of carbonyl (C=O) groups excluding carboxylic acids is 1. The third-order valence-electron chi connectivity index (χ3n) is 2.92. The van der Waals surface area contributed by atoms with Crippen LogP contribution in [0.3, 0.4) is 0 Å². The Balaban J connectivity index is 2.60. The van der Waals surface area contributed by atoms with Gasteiger partial charge in [-0.15, -0.1) is 0 Å². The van der Waals surface area contributed by atoms with E-state index in [2.05, 4.69) is 11.8 Å². The van der Waals surface area contributed by atoms with Gasteiger partial charge >= 0.3 is 5.97 Å². The fourth-order valence-corrected chi connectivity index (χ4v) is 2.04. The number of carbonyl (C=O) groups is 1. The lowest BCUT2D eigenvalue weighted by Crippen LogP contribution is -2.04. The Bertz CT molecular complexity index is 561. The van der Waals surface area contributed by atoms with Gasteiger partial charge in [0.2, 0.25) is 0 Å². The molecule has 18 heavy (non-hydrogen) atoms. The molecule has 0 radical (unpaired) electrons. The van der Waals surface area contributed by atoms with Gasteiger partial charge in [-0.3, -0.25) is 4.89 Å². The highest BCUT2D eigenvalue weighted by Crippen LogP contribution is 2.27. The highest BCUT2D eigenvalue weighted by atomic mass is 17.1. The van der Waals surface area contributed by atoms with E-state index >= 15 is 0 Å². The molecule has 0 atom stereocenters. The first kappa shape index (κ1) is 12.3.